The summed E-state index contributed by atoms with van der Waals surface area (Å²) in [6, 6.07) is -6.79. The molecule has 0 saturated carbocycles. The minimum atomic E-state index is -1.87. The van der Waals surface area contributed by atoms with E-state index < -0.39 is 85.2 Å². The Bertz CT molecular complexity index is 757. The molecule has 32 heavy (non-hydrogen) atoms. The van der Waals surface area contributed by atoms with Crippen molar-refractivity contribution in [2.24, 2.45) is 11.5 Å². The predicted octanol–water partition coefficient (Wildman–Crippen LogP) is -4.94. The fraction of sp³-hybridized carbons (Fsp3) is 0.562. The van der Waals surface area contributed by atoms with E-state index in [9.17, 15) is 33.6 Å². The molecule has 0 heterocycles. The first-order valence-electron chi connectivity index (χ1n) is 9.00. The Morgan fingerprint density at radius 3 is 1.47 bits per heavy atom. The van der Waals surface area contributed by atoms with Crippen LogP contribution in [0.25, 0.3) is 0 Å². The average molecular weight is 463 g/mol. The van der Waals surface area contributed by atoms with Crippen molar-refractivity contribution in [2.75, 3.05) is 6.61 Å². The Labute approximate surface area is 180 Å². The van der Waals surface area contributed by atoms with Crippen LogP contribution in [-0.2, 0) is 33.6 Å². The molecule has 0 aromatic carbocycles. The van der Waals surface area contributed by atoms with Gasteiger partial charge < -0.3 is 47.8 Å². The predicted molar refractivity (Wildman–Crippen MR) is 101 cm³/mol. The smallest absolute Gasteiger partial charge is 0.328 e. The molecule has 4 amide bonds. The molecule has 0 aromatic rings. The molecule has 0 fully saturated rings. The maximum Gasteiger partial charge on any atom is 0.328 e. The second kappa shape index (κ2) is 13.5. The maximum absolute atomic E-state index is 12.4. The number of aliphatic carboxylic acids is 3. The zero-order chi connectivity index (χ0) is 25.0. The Balaban J connectivity index is 5.43. The summed E-state index contributed by atoms with van der Waals surface area (Å²) in [5, 5.41) is 41.5. The summed E-state index contributed by atoms with van der Waals surface area (Å²) in [7, 11) is 0. The number of nitrogens with two attached hydrogens (primary N) is 2. The molecule has 0 bridgehead atoms. The number of carboxylic acids is 3. The lowest BCUT2D eigenvalue weighted by atomic mass is 10.1. The molecule has 16 heteroatoms. The van der Waals surface area contributed by atoms with Gasteiger partial charge in [-0.3, -0.25) is 28.8 Å². The van der Waals surface area contributed by atoms with Crippen LogP contribution in [-0.4, -0.2) is 92.7 Å². The molecule has 0 rings (SSSR count). The van der Waals surface area contributed by atoms with Crippen LogP contribution in [0.15, 0.2) is 0 Å². The molecular formula is C16H25N5O11. The highest BCUT2D eigenvalue weighted by Gasteiger charge is 2.32. The normalized spacial score (nSPS) is 14.2. The fourth-order valence-corrected chi connectivity index (χ4v) is 2.21. The van der Waals surface area contributed by atoms with Gasteiger partial charge in [0.05, 0.1) is 25.5 Å². The first-order valence-corrected chi connectivity index (χ1v) is 9.00. The third-order valence-electron chi connectivity index (χ3n) is 3.86. The zero-order valence-electron chi connectivity index (χ0n) is 16.6. The molecule has 11 N–H and O–H groups in total. The quantitative estimate of drug-likeness (QED) is 0.110. The second-order valence-corrected chi connectivity index (χ2v) is 6.51. The molecule has 4 atom stereocenters. The summed E-state index contributed by atoms with van der Waals surface area (Å²) in [5.74, 6) is -9.09. The molecule has 0 spiro atoms. The lowest BCUT2D eigenvalue weighted by Gasteiger charge is -2.23. The molecule has 0 radical (unpaired) electrons. The van der Waals surface area contributed by atoms with Gasteiger partial charge >= 0.3 is 17.9 Å². The molecule has 0 aromatic heterocycles. The number of aliphatic hydroxyl groups is 1. The van der Waals surface area contributed by atoms with Gasteiger partial charge in [0.2, 0.25) is 23.6 Å². The maximum atomic E-state index is 12.4. The molecular weight excluding hydrogens is 438 g/mol. The zero-order valence-corrected chi connectivity index (χ0v) is 16.6. The van der Waals surface area contributed by atoms with E-state index in [4.69, 9.17) is 31.9 Å². The Kier molecular flexibility index (Phi) is 11.9. The van der Waals surface area contributed by atoms with Gasteiger partial charge in [0.1, 0.15) is 18.1 Å². The van der Waals surface area contributed by atoms with Gasteiger partial charge in [-0.25, -0.2) is 4.79 Å². The van der Waals surface area contributed by atoms with E-state index in [1.165, 1.54) is 0 Å². The molecule has 0 saturated heterocycles. The number of primary amides is 1. The molecule has 0 aliphatic heterocycles. The summed E-state index contributed by atoms with van der Waals surface area (Å²) in [5.41, 5.74) is 10.5. The van der Waals surface area contributed by atoms with E-state index in [1.807, 2.05) is 16.0 Å². The number of nitrogens with one attached hydrogen (secondary N) is 3. The van der Waals surface area contributed by atoms with Gasteiger partial charge in [0, 0.05) is 6.42 Å². The van der Waals surface area contributed by atoms with Crippen molar-refractivity contribution in [3.8, 4) is 0 Å². The number of carbonyl (C=O) groups excluding carboxylic acids is 4. The van der Waals surface area contributed by atoms with Gasteiger partial charge in [-0.05, 0) is 6.42 Å². The van der Waals surface area contributed by atoms with Gasteiger partial charge in [-0.1, -0.05) is 0 Å². The standard InChI is InChI=1S/C16H25N5O11/c17-6(1-2-10(18)23)13(28)19-7(3-11(24)25)14(29)20-8(4-12(26)27)15(30)21-9(5-22)16(31)32/h6-9,22H,1-5,17H2,(H2,18,23)(H,19,28)(H,20,29)(H,21,30)(H,24,25)(H,26,27)(H,31,32). The van der Waals surface area contributed by atoms with E-state index in [0.717, 1.165) is 0 Å². The Hall–Kier alpha value is -3.79. The van der Waals surface area contributed by atoms with Crippen molar-refractivity contribution < 1.29 is 54.0 Å². The average Bonchev–Trinajstić information content (AvgIpc) is 2.67. The topological polar surface area (TPSA) is 289 Å². The summed E-state index contributed by atoms with van der Waals surface area (Å²) in [6.45, 7) is -1.03. The van der Waals surface area contributed by atoms with Crippen molar-refractivity contribution >= 4 is 41.5 Å². The van der Waals surface area contributed by atoms with Crippen molar-refractivity contribution in [2.45, 2.75) is 49.9 Å². The van der Waals surface area contributed by atoms with E-state index in [1.54, 1.807) is 0 Å². The first-order chi connectivity index (χ1) is 14.8. The highest BCUT2D eigenvalue weighted by atomic mass is 16.4. The molecule has 0 aliphatic carbocycles. The van der Waals surface area contributed by atoms with Crippen LogP contribution in [0.1, 0.15) is 25.7 Å². The van der Waals surface area contributed by atoms with Gasteiger partial charge in [0.15, 0.2) is 0 Å². The summed E-state index contributed by atoms with van der Waals surface area (Å²) >= 11 is 0. The van der Waals surface area contributed by atoms with E-state index >= 15 is 0 Å². The van der Waals surface area contributed by atoms with E-state index in [-0.39, 0.29) is 12.8 Å². The molecule has 16 nitrogen and oxygen atoms in total. The number of hydrogen-bond donors (Lipinski definition) is 9. The van der Waals surface area contributed by atoms with Gasteiger partial charge in [-0.2, -0.15) is 0 Å². The Morgan fingerprint density at radius 2 is 1.12 bits per heavy atom. The third-order valence-corrected chi connectivity index (χ3v) is 3.86. The number of hydrogen-bond acceptors (Lipinski definition) is 9. The SMILES string of the molecule is NC(=O)CCC(N)C(=O)NC(CC(=O)O)C(=O)NC(CC(=O)O)C(=O)NC(CO)C(=O)O. The largest absolute Gasteiger partial charge is 0.481 e. The van der Waals surface area contributed by atoms with Crippen LogP contribution < -0.4 is 27.4 Å². The highest BCUT2D eigenvalue weighted by molar-refractivity contribution is 5.96. The van der Waals surface area contributed by atoms with Crippen molar-refractivity contribution in [1.29, 1.82) is 0 Å². The third kappa shape index (κ3) is 10.8. The van der Waals surface area contributed by atoms with Crippen molar-refractivity contribution in [1.82, 2.24) is 16.0 Å². The van der Waals surface area contributed by atoms with Gasteiger partial charge in [0.25, 0.3) is 0 Å². The minimum absolute atomic E-state index is 0.204. The number of amides is 4. The lowest BCUT2D eigenvalue weighted by Crippen LogP contribution is -2.58. The highest BCUT2D eigenvalue weighted by Crippen LogP contribution is 2.02. The number of carboxylic acid groups (broad SMARTS) is 3. The van der Waals surface area contributed by atoms with E-state index in [0.29, 0.717) is 0 Å². The fourth-order valence-electron chi connectivity index (χ4n) is 2.21. The van der Waals surface area contributed by atoms with Crippen LogP contribution in [0, 0.1) is 0 Å². The summed E-state index contributed by atoms with van der Waals surface area (Å²) in [6.07, 6.45) is -2.47. The number of carbonyl (C=O) groups is 7. The molecule has 0 aliphatic rings. The minimum Gasteiger partial charge on any atom is -0.481 e. The summed E-state index contributed by atoms with van der Waals surface area (Å²) < 4.78 is 0. The van der Waals surface area contributed by atoms with Crippen LogP contribution in [0.3, 0.4) is 0 Å². The van der Waals surface area contributed by atoms with Crippen LogP contribution in [0.4, 0.5) is 0 Å². The van der Waals surface area contributed by atoms with Crippen molar-refractivity contribution in [3.05, 3.63) is 0 Å². The number of aliphatic hydroxyl groups excluding tert-OH is 1. The molecule has 180 valence electrons. The lowest BCUT2D eigenvalue weighted by molar-refractivity contribution is -0.145. The van der Waals surface area contributed by atoms with Crippen LogP contribution in [0.5, 0.6) is 0 Å². The monoisotopic (exact) mass is 463 g/mol. The Morgan fingerprint density at radius 1 is 0.719 bits per heavy atom. The van der Waals surface area contributed by atoms with E-state index in [2.05, 4.69) is 0 Å². The van der Waals surface area contributed by atoms with Gasteiger partial charge in [-0.15, -0.1) is 0 Å². The van der Waals surface area contributed by atoms with Crippen LogP contribution in [0.2, 0.25) is 0 Å². The summed E-state index contributed by atoms with van der Waals surface area (Å²) in [4.78, 5) is 80.4. The molecule has 4 unspecified atom stereocenters. The second-order valence-electron chi connectivity index (χ2n) is 6.51. The van der Waals surface area contributed by atoms with Crippen molar-refractivity contribution in [3.63, 3.8) is 0 Å². The van der Waals surface area contributed by atoms with Crippen LogP contribution >= 0.6 is 0 Å². The first kappa shape index (κ1) is 28.2. The number of rotatable bonds is 15.